The lowest BCUT2D eigenvalue weighted by Crippen LogP contribution is -2.27. The van der Waals surface area contributed by atoms with Crippen LogP contribution in [-0.2, 0) is 25.5 Å². The van der Waals surface area contributed by atoms with Gasteiger partial charge in [0.25, 0.3) is 0 Å². The number of ether oxygens (including phenoxy) is 2. The fourth-order valence-electron chi connectivity index (χ4n) is 3.35. The highest BCUT2D eigenvalue weighted by atomic mass is 16.6. The van der Waals surface area contributed by atoms with Crippen molar-refractivity contribution in [2.24, 2.45) is 5.92 Å². The summed E-state index contributed by atoms with van der Waals surface area (Å²) in [6.45, 7) is 4.51. The molecule has 1 atom stereocenters. The highest BCUT2D eigenvalue weighted by Crippen LogP contribution is 2.26. The number of anilines is 1. The molecule has 2 rings (SSSR count). The van der Waals surface area contributed by atoms with Crippen LogP contribution in [0, 0.1) is 5.92 Å². The normalized spacial score (nSPS) is 15.9. The summed E-state index contributed by atoms with van der Waals surface area (Å²) in [5, 5.41) is 3.46. The topological polar surface area (TPSA) is 64.6 Å². The Balaban J connectivity index is 1.70. The van der Waals surface area contributed by atoms with E-state index in [-0.39, 0.29) is 13.0 Å². The van der Waals surface area contributed by atoms with Gasteiger partial charge < -0.3 is 14.8 Å². The second-order valence-electron chi connectivity index (χ2n) is 6.98. The molecular formula is C21H31NO4. The Hall–Kier alpha value is -2.04. The summed E-state index contributed by atoms with van der Waals surface area (Å²) in [6.07, 6.45) is 7.38. The Morgan fingerprint density at radius 2 is 1.85 bits per heavy atom. The van der Waals surface area contributed by atoms with Crippen molar-refractivity contribution in [1.82, 2.24) is 0 Å². The summed E-state index contributed by atoms with van der Waals surface area (Å²) in [6, 6.07) is 7.80. The average molecular weight is 361 g/mol. The molecule has 26 heavy (non-hydrogen) atoms. The quantitative estimate of drug-likeness (QED) is 0.671. The van der Waals surface area contributed by atoms with Crippen molar-refractivity contribution in [1.29, 1.82) is 0 Å². The number of benzene rings is 1. The van der Waals surface area contributed by atoms with E-state index < -0.39 is 18.0 Å². The Kier molecular flexibility index (Phi) is 8.45. The number of carbonyl (C=O) groups excluding carboxylic acids is 2. The third kappa shape index (κ3) is 7.06. The standard InChI is InChI=1S/C21H31NO4/c1-3-25-21(24)16(2)26-20(23)15-18-9-11-19(12-10-18)22-14-13-17-7-5-4-6-8-17/h9-12,16-17,22H,3-8,13-15H2,1-2H3. The first-order chi connectivity index (χ1) is 12.6. The smallest absolute Gasteiger partial charge is 0.347 e. The van der Waals surface area contributed by atoms with E-state index in [9.17, 15) is 9.59 Å². The Morgan fingerprint density at radius 3 is 2.50 bits per heavy atom. The minimum atomic E-state index is -0.872. The van der Waals surface area contributed by atoms with Crippen LogP contribution in [0.3, 0.4) is 0 Å². The van der Waals surface area contributed by atoms with Gasteiger partial charge >= 0.3 is 11.9 Å². The molecule has 1 fully saturated rings. The lowest BCUT2D eigenvalue weighted by Gasteiger charge is -2.21. The van der Waals surface area contributed by atoms with E-state index in [1.807, 2.05) is 24.3 Å². The third-order valence-electron chi connectivity index (χ3n) is 4.84. The number of carbonyl (C=O) groups is 2. The molecule has 1 aliphatic rings. The van der Waals surface area contributed by atoms with Crippen LogP contribution in [-0.4, -0.2) is 31.2 Å². The van der Waals surface area contributed by atoms with Crippen LogP contribution in [0.2, 0.25) is 0 Å². The molecule has 5 heteroatoms. The van der Waals surface area contributed by atoms with Gasteiger partial charge in [0.05, 0.1) is 13.0 Å². The summed E-state index contributed by atoms with van der Waals surface area (Å²) in [5.74, 6) is -0.0754. The van der Waals surface area contributed by atoms with Crippen molar-refractivity contribution in [2.45, 2.75) is 64.9 Å². The van der Waals surface area contributed by atoms with Gasteiger partial charge in [0.2, 0.25) is 0 Å². The molecule has 0 aliphatic heterocycles. The second kappa shape index (κ2) is 10.8. The number of esters is 2. The van der Waals surface area contributed by atoms with Crippen LogP contribution in [0.5, 0.6) is 0 Å². The SMILES string of the molecule is CCOC(=O)C(C)OC(=O)Cc1ccc(NCCC2CCCCC2)cc1. The van der Waals surface area contributed by atoms with Gasteiger partial charge in [-0.05, 0) is 43.9 Å². The predicted octanol–water partition coefficient (Wildman–Crippen LogP) is 4.11. The van der Waals surface area contributed by atoms with E-state index in [1.54, 1.807) is 6.92 Å². The van der Waals surface area contributed by atoms with Gasteiger partial charge in [-0.2, -0.15) is 0 Å². The Morgan fingerprint density at radius 1 is 1.15 bits per heavy atom. The number of nitrogens with one attached hydrogen (secondary N) is 1. The number of rotatable bonds is 9. The zero-order valence-electron chi connectivity index (χ0n) is 16.0. The van der Waals surface area contributed by atoms with Crippen molar-refractivity contribution in [3.05, 3.63) is 29.8 Å². The molecule has 1 aromatic rings. The molecule has 0 saturated heterocycles. The summed E-state index contributed by atoms with van der Waals surface area (Å²) in [5.41, 5.74) is 1.93. The van der Waals surface area contributed by atoms with E-state index in [2.05, 4.69) is 5.32 Å². The fourth-order valence-corrected chi connectivity index (χ4v) is 3.35. The highest BCUT2D eigenvalue weighted by molar-refractivity contribution is 5.80. The van der Waals surface area contributed by atoms with E-state index in [0.29, 0.717) is 0 Å². The zero-order chi connectivity index (χ0) is 18.8. The maximum absolute atomic E-state index is 11.9. The molecule has 0 amide bonds. The predicted molar refractivity (Wildman–Crippen MR) is 102 cm³/mol. The van der Waals surface area contributed by atoms with Crippen molar-refractivity contribution >= 4 is 17.6 Å². The molecular weight excluding hydrogens is 330 g/mol. The molecule has 1 saturated carbocycles. The van der Waals surface area contributed by atoms with Crippen LogP contribution >= 0.6 is 0 Å². The van der Waals surface area contributed by atoms with Gasteiger partial charge in [-0.15, -0.1) is 0 Å². The van der Waals surface area contributed by atoms with Crippen LogP contribution in [0.1, 0.15) is 57.9 Å². The molecule has 0 aromatic heterocycles. The summed E-state index contributed by atoms with van der Waals surface area (Å²) >= 11 is 0. The second-order valence-corrected chi connectivity index (χ2v) is 6.98. The maximum atomic E-state index is 11.9. The molecule has 1 unspecified atom stereocenters. The van der Waals surface area contributed by atoms with E-state index >= 15 is 0 Å². The van der Waals surface area contributed by atoms with Gasteiger partial charge in [-0.3, -0.25) is 4.79 Å². The maximum Gasteiger partial charge on any atom is 0.347 e. The van der Waals surface area contributed by atoms with Crippen LogP contribution in [0.4, 0.5) is 5.69 Å². The molecule has 1 N–H and O–H groups in total. The zero-order valence-corrected chi connectivity index (χ0v) is 16.0. The fraction of sp³-hybridized carbons (Fsp3) is 0.619. The van der Waals surface area contributed by atoms with Crippen LogP contribution in [0.15, 0.2) is 24.3 Å². The highest BCUT2D eigenvalue weighted by Gasteiger charge is 2.19. The molecule has 0 radical (unpaired) electrons. The Labute approximate surface area is 156 Å². The van der Waals surface area contributed by atoms with Gasteiger partial charge in [-0.25, -0.2) is 4.79 Å². The minimum absolute atomic E-state index is 0.145. The Bertz CT molecular complexity index is 564. The lowest BCUT2D eigenvalue weighted by atomic mass is 9.87. The van der Waals surface area contributed by atoms with E-state index in [4.69, 9.17) is 9.47 Å². The molecule has 0 bridgehead atoms. The first kappa shape index (κ1) is 20.3. The van der Waals surface area contributed by atoms with Crippen molar-refractivity contribution in [3.8, 4) is 0 Å². The third-order valence-corrected chi connectivity index (χ3v) is 4.84. The van der Waals surface area contributed by atoms with Gasteiger partial charge in [0, 0.05) is 12.2 Å². The minimum Gasteiger partial charge on any atom is -0.463 e. The number of hydrogen-bond acceptors (Lipinski definition) is 5. The summed E-state index contributed by atoms with van der Waals surface area (Å²) in [4.78, 5) is 23.4. The van der Waals surface area contributed by atoms with Gasteiger partial charge in [0.1, 0.15) is 0 Å². The lowest BCUT2D eigenvalue weighted by molar-refractivity contribution is -0.165. The molecule has 1 aromatic carbocycles. The van der Waals surface area contributed by atoms with Crippen molar-refractivity contribution in [2.75, 3.05) is 18.5 Å². The van der Waals surface area contributed by atoms with E-state index in [0.717, 1.165) is 23.7 Å². The van der Waals surface area contributed by atoms with Crippen LogP contribution in [0.25, 0.3) is 0 Å². The molecule has 0 heterocycles. The van der Waals surface area contributed by atoms with Gasteiger partial charge in [-0.1, -0.05) is 44.2 Å². The molecule has 0 spiro atoms. The van der Waals surface area contributed by atoms with Crippen LogP contribution < -0.4 is 5.32 Å². The van der Waals surface area contributed by atoms with Gasteiger partial charge in [0.15, 0.2) is 6.10 Å². The first-order valence-corrected chi connectivity index (χ1v) is 9.77. The molecule has 5 nitrogen and oxygen atoms in total. The summed E-state index contributed by atoms with van der Waals surface area (Å²) in [7, 11) is 0. The average Bonchev–Trinajstić information content (AvgIpc) is 2.64. The monoisotopic (exact) mass is 361 g/mol. The largest absolute Gasteiger partial charge is 0.463 e. The molecule has 1 aliphatic carbocycles. The van der Waals surface area contributed by atoms with E-state index in [1.165, 1.54) is 45.4 Å². The van der Waals surface area contributed by atoms with Crippen molar-refractivity contribution in [3.63, 3.8) is 0 Å². The summed E-state index contributed by atoms with van der Waals surface area (Å²) < 4.78 is 9.93. The van der Waals surface area contributed by atoms with Crippen molar-refractivity contribution < 1.29 is 19.1 Å². The first-order valence-electron chi connectivity index (χ1n) is 9.77. The molecule has 144 valence electrons. The number of hydrogen-bond donors (Lipinski definition) is 1.